The molecule has 3 rings (SSSR count). The molecular formula is C12H7BrClN3. The largest absolute Gasteiger partial charge is 0.220 e. The molecule has 0 amide bonds. The fourth-order valence-electron chi connectivity index (χ4n) is 1.61. The molecule has 0 saturated carbocycles. The van der Waals surface area contributed by atoms with Gasteiger partial charge in [-0.2, -0.15) is 0 Å². The average molecular weight is 309 g/mol. The van der Waals surface area contributed by atoms with Gasteiger partial charge in [-0.25, -0.2) is 9.50 Å². The zero-order chi connectivity index (χ0) is 11.8. The van der Waals surface area contributed by atoms with E-state index in [1.807, 2.05) is 24.3 Å². The van der Waals surface area contributed by atoms with Gasteiger partial charge < -0.3 is 0 Å². The van der Waals surface area contributed by atoms with E-state index in [9.17, 15) is 0 Å². The van der Waals surface area contributed by atoms with Crippen LogP contribution in [-0.2, 0) is 0 Å². The summed E-state index contributed by atoms with van der Waals surface area (Å²) in [6.45, 7) is 0. The summed E-state index contributed by atoms with van der Waals surface area (Å²) in [4.78, 5) is 4.44. The van der Waals surface area contributed by atoms with E-state index in [0.29, 0.717) is 10.8 Å². The lowest BCUT2D eigenvalue weighted by atomic mass is 10.2. The molecule has 2 aromatic heterocycles. The fraction of sp³-hybridized carbons (Fsp3) is 0. The summed E-state index contributed by atoms with van der Waals surface area (Å²) in [5.74, 6) is 0.680. The van der Waals surface area contributed by atoms with Gasteiger partial charge in [0.25, 0.3) is 0 Å². The Kier molecular flexibility index (Phi) is 2.61. The molecule has 17 heavy (non-hydrogen) atoms. The van der Waals surface area contributed by atoms with Gasteiger partial charge in [0, 0.05) is 27.3 Å². The number of fused-ring (bicyclic) bond motifs is 1. The van der Waals surface area contributed by atoms with Crippen LogP contribution < -0.4 is 0 Å². The first-order chi connectivity index (χ1) is 8.24. The Hall–Kier alpha value is -1.39. The second kappa shape index (κ2) is 4.13. The number of hydrogen-bond donors (Lipinski definition) is 0. The molecule has 0 aliphatic carbocycles. The molecule has 0 spiro atoms. The molecule has 0 aliphatic rings. The summed E-state index contributed by atoms with van der Waals surface area (Å²) in [6.07, 6.45) is 1.80. The van der Waals surface area contributed by atoms with Gasteiger partial charge in [-0.1, -0.05) is 39.7 Å². The number of hydrogen-bond acceptors (Lipinski definition) is 2. The van der Waals surface area contributed by atoms with Gasteiger partial charge in [-0.15, -0.1) is 5.10 Å². The van der Waals surface area contributed by atoms with E-state index in [-0.39, 0.29) is 0 Å². The van der Waals surface area contributed by atoms with Crippen molar-refractivity contribution in [2.45, 2.75) is 0 Å². The maximum absolute atomic E-state index is 5.91. The maximum Gasteiger partial charge on any atom is 0.183 e. The first-order valence-corrected chi connectivity index (χ1v) is 6.18. The normalized spacial score (nSPS) is 10.9. The van der Waals surface area contributed by atoms with Gasteiger partial charge in [0.15, 0.2) is 11.5 Å². The lowest BCUT2D eigenvalue weighted by molar-refractivity contribution is 0.965. The van der Waals surface area contributed by atoms with E-state index >= 15 is 0 Å². The third-order valence-corrected chi connectivity index (χ3v) is 3.34. The van der Waals surface area contributed by atoms with Crippen molar-refractivity contribution in [3.05, 3.63) is 52.1 Å². The van der Waals surface area contributed by atoms with E-state index in [1.54, 1.807) is 22.8 Å². The van der Waals surface area contributed by atoms with Crippen LogP contribution in [0, 0.1) is 0 Å². The van der Waals surface area contributed by atoms with Gasteiger partial charge in [0.2, 0.25) is 0 Å². The molecule has 0 fully saturated rings. The Morgan fingerprint density at radius 2 is 2.00 bits per heavy atom. The molecule has 2 heterocycles. The van der Waals surface area contributed by atoms with Crippen LogP contribution in [0.2, 0.25) is 5.02 Å². The predicted octanol–water partition coefficient (Wildman–Crippen LogP) is 3.81. The topological polar surface area (TPSA) is 30.2 Å². The van der Waals surface area contributed by atoms with E-state index in [2.05, 4.69) is 26.0 Å². The average Bonchev–Trinajstić information content (AvgIpc) is 2.72. The Morgan fingerprint density at radius 1 is 1.18 bits per heavy atom. The Balaban J connectivity index is 2.22. The monoisotopic (exact) mass is 307 g/mol. The smallest absolute Gasteiger partial charge is 0.183 e. The predicted molar refractivity (Wildman–Crippen MR) is 71.1 cm³/mol. The SMILES string of the molecule is Clc1ccn2nc(-c3ccccc3Br)nc2c1. The number of halogens is 2. The van der Waals surface area contributed by atoms with Crippen LogP contribution >= 0.6 is 27.5 Å². The Bertz CT molecular complexity index is 693. The first-order valence-electron chi connectivity index (χ1n) is 5.01. The van der Waals surface area contributed by atoms with Crippen LogP contribution in [0.4, 0.5) is 0 Å². The summed E-state index contributed by atoms with van der Waals surface area (Å²) in [6, 6.07) is 11.4. The summed E-state index contributed by atoms with van der Waals surface area (Å²) < 4.78 is 2.68. The molecule has 3 aromatic rings. The van der Waals surface area contributed by atoms with Crippen molar-refractivity contribution in [2.75, 3.05) is 0 Å². The second-order valence-electron chi connectivity index (χ2n) is 3.56. The Morgan fingerprint density at radius 3 is 2.82 bits per heavy atom. The van der Waals surface area contributed by atoms with Gasteiger partial charge >= 0.3 is 0 Å². The molecule has 5 heteroatoms. The molecular weight excluding hydrogens is 302 g/mol. The number of benzene rings is 1. The van der Waals surface area contributed by atoms with Gasteiger partial charge in [0.05, 0.1) is 0 Å². The van der Waals surface area contributed by atoms with E-state index in [1.165, 1.54) is 0 Å². The number of nitrogens with zero attached hydrogens (tertiary/aromatic N) is 3. The van der Waals surface area contributed by atoms with E-state index in [0.717, 1.165) is 15.7 Å². The van der Waals surface area contributed by atoms with Crippen LogP contribution in [0.25, 0.3) is 17.0 Å². The minimum atomic E-state index is 0.656. The molecule has 84 valence electrons. The highest BCUT2D eigenvalue weighted by Gasteiger charge is 2.09. The maximum atomic E-state index is 5.91. The zero-order valence-electron chi connectivity index (χ0n) is 8.64. The van der Waals surface area contributed by atoms with Crippen LogP contribution in [0.15, 0.2) is 47.1 Å². The van der Waals surface area contributed by atoms with Gasteiger partial charge in [0.1, 0.15) is 0 Å². The van der Waals surface area contributed by atoms with Crippen LogP contribution in [0.1, 0.15) is 0 Å². The van der Waals surface area contributed by atoms with Crippen molar-refractivity contribution in [3.63, 3.8) is 0 Å². The molecule has 1 aromatic carbocycles. The Labute approximate surface area is 111 Å². The fourth-order valence-corrected chi connectivity index (χ4v) is 2.23. The number of pyridine rings is 1. The number of aromatic nitrogens is 3. The van der Waals surface area contributed by atoms with Crippen molar-refractivity contribution in [1.82, 2.24) is 14.6 Å². The molecule has 0 atom stereocenters. The van der Waals surface area contributed by atoms with Crippen LogP contribution in [0.3, 0.4) is 0 Å². The molecule has 0 aliphatic heterocycles. The van der Waals surface area contributed by atoms with Crippen LogP contribution in [0.5, 0.6) is 0 Å². The van der Waals surface area contributed by atoms with E-state index in [4.69, 9.17) is 11.6 Å². The zero-order valence-corrected chi connectivity index (χ0v) is 11.0. The van der Waals surface area contributed by atoms with E-state index < -0.39 is 0 Å². The van der Waals surface area contributed by atoms with Crippen molar-refractivity contribution < 1.29 is 0 Å². The van der Waals surface area contributed by atoms with Crippen molar-refractivity contribution >= 4 is 33.2 Å². The quantitative estimate of drug-likeness (QED) is 0.684. The minimum absolute atomic E-state index is 0.656. The van der Waals surface area contributed by atoms with Gasteiger partial charge in [-0.3, -0.25) is 0 Å². The summed E-state index contributed by atoms with van der Waals surface area (Å²) in [7, 11) is 0. The standard InChI is InChI=1S/C12H7BrClN3/c13-10-4-2-1-3-9(10)12-15-11-7-8(14)5-6-17(11)16-12/h1-7H. The second-order valence-corrected chi connectivity index (χ2v) is 4.85. The highest BCUT2D eigenvalue weighted by atomic mass is 79.9. The molecule has 0 unspecified atom stereocenters. The summed E-state index contributed by atoms with van der Waals surface area (Å²) in [5.41, 5.74) is 1.70. The lowest BCUT2D eigenvalue weighted by Gasteiger charge is -1.96. The number of rotatable bonds is 1. The minimum Gasteiger partial charge on any atom is -0.220 e. The highest BCUT2D eigenvalue weighted by molar-refractivity contribution is 9.10. The molecule has 0 saturated heterocycles. The molecule has 0 N–H and O–H groups in total. The van der Waals surface area contributed by atoms with Crippen molar-refractivity contribution in [3.8, 4) is 11.4 Å². The van der Waals surface area contributed by atoms with Crippen molar-refractivity contribution in [1.29, 1.82) is 0 Å². The molecule has 3 nitrogen and oxygen atoms in total. The first kappa shape index (κ1) is 10.7. The molecule has 0 bridgehead atoms. The van der Waals surface area contributed by atoms with Gasteiger partial charge in [-0.05, 0) is 18.2 Å². The lowest BCUT2D eigenvalue weighted by Crippen LogP contribution is -1.86. The summed E-state index contributed by atoms with van der Waals surface area (Å²) >= 11 is 9.40. The third-order valence-electron chi connectivity index (χ3n) is 2.41. The van der Waals surface area contributed by atoms with Crippen molar-refractivity contribution in [2.24, 2.45) is 0 Å². The summed E-state index contributed by atoms with van der Waals surface area (Å²) in [5, 5.41) is 5.06. The molecule has 0 radical (unpaired) electrons. The van der Waals surface area contributed by atoms with Crippen LogP contribution in [-0.4, -0.2) is 14.6 Å². The third kappa shape index (κ3) is 1.94. The highest BCUT2D eigenvalue weighted by Crippen LogP contribution is 2.25.